The van der Waals surface area contributed by atoms with Gasteiger partial charge >= 0.3 is 0 Å². The van der Waals surface area contributed by atoms with Crippen LogP contribution in [0.4, 0.5) is 5.00 Å². The zero-order valence-electron chi connectivity index (χ0n) is 15.4. The predicted octanol–water partition coefficient (Wildman–Crippen LogP) is 6.07. The standard InChI is InChI=1S/C21H23ClN2OS/c1-4-21(2,3)14-7-10-16-17(12-23)20(26-18(16)11-14)24-19(25)13-5-8-15(22)9-6-13/h5-6,8-9,14H,4,7,10-11H2,1-3H3,(H,24,25)/t14-/m1/s1. The smallest absolute Gasteiger partial charge is 0.256 e. The first-order valence-electron chi connectivity index (χ1n) is 8.97. The Bertz CT molecular complexity index is 861. The Balaban J connectivity index is 1.85. The lowest BCUT2D eigenvalue weighted by molar-refractivity contribution is 0.102. The number of nitrogens with one attached hydrogen (secondary N) is 1. The minimum absolute atomic E-state index is 0.206. The molecule has 0 fully saturated rings. The second-order valence-corrected chi connectivity index (χ2v) is 9.10. The van der Waals surface area contributed by atoms with Crippen LogP contribution in [0.2, 0.25) is 5.02 Å². The van der Waals surface area contributed by atoms with Gasteiger partial charge in [-0.3, -0.25) is 4.79 Å². The Morgan fingerprint density at radius 2 is 2.08 bits per heavy atom. The fourth-order valence-electron chi connectivity index (χ4n) is 3.52. The summed E-state index contributed by atoms with van der Waals surface area (Å²) in [5.41, 5.74) is 2.60. The van der Waals surface area contributed by atoms with Gasteiger partial charge in [-0.2, -0.15) is 5.26 Å². The van der Waals surface area contributed by atoms with Gasteiger partial charge in [0.1, 0.15) is 11.1 Å². The molecule has 1 atom stereocenters. The molecule has 136 valence electrons. The van der Waals surface area contributed by atoms with E-state index in [9.17, 15) is 10.1 Å². The van der Waals surface area contributed by atoms with Crippen LogP contribution in [0.15, 0.2) is 24.3 Å². The molecule has 0 unspecified atom stereocenters. The minimum Gasteiger partial charge on any atom is -0.312 e. The van der Waals surface area contributed by atoms with Crippen LogP contribution in [-0.4, -0.2) is 5.91 Å². The zero-order valence-corrected chi connectivity index (χ0v) is 16.9. The Kier molecular flexibility index (Phi) is 5.41. The highest BCUT2D eigenvalue weighted by molar-refractivity contribution is 7.16. The van der Waals surface area contributed by atoms with E-state index in [2.05, 4.69) is 32.2 Å². The monoisotopic (exact) mass is 386 g/mol. The Morgan fingerprint density at radius 1 is 1.38 bits per heavy atom. The number of benzene rings is 1. The third kappa shape index (κ3) is 3.65. The molecule has 0 saturated heterocycles. The molecule has 0 radical (unpaired) electrons. The maximum Gasteiger partial charge on any atom is 0.256 e. The summed E-state index contributed by atoms with van der Waals surface area (Å²) in [6, 6.07) is 9.08. The largest absolute Gasteiger partial charge is 0.312 e. The SMILES string of the molecule is CCC(C)(C)[C@@H]1CCc2c(sc(NC(=O)c3ccc(Cl)cc3)c2C#N)C1. The van der Waals surface area contributed by atoms with Crippen molar-refractivity contribution in [3.8, 4) is 6.07 Å². The van der Waals surface area contributed by atoms with E-state index < -0.39 is 0 Å². The lowest BCUT2D eigenvalue weighted by Gasteiger charge is -2.36. The summed E-state index contributed by atoms with van der Waals surface area (Å²) in [7, 11) is 0. The highest BCUT2D eigenvalue weighted by Crippen LogP contribution is 2.45. The summed E-state index contributed by atoms with van der Waals surface area (Å²) in [6.07, 6.45) is 4.15. The van der Waals surface area contributed by atoms with E-state index >= 15 is 0 Å². The van der Waals surface area contributed by atoms with Crippen molar-refractivity contribution >= 4 is 33.8 Å². The molecule has 3 nitrogen and oxygen atoms in total. The third-order valence-corrected chi connectivity index (χ3v) is 7.15. The molecule has 1 aromatic heterocycles. The van der Waals surface area contributed by atoms with Gasteiger partial charge in [0.2, 0.25) is 0 Å². The first kappa shape index (κ1) is 18.9. The fourth-order valence-corrected chi connectivity index (χ4v) is 4.92. The van der Waals surface area contributed by atoms with Gasteiger partial charge in [-0.05, 0) is 60.4 Å². The van der Waals surface area contributed by atoms with Crippen LogP contribution in [0.3, 0.4) is 0 Å². The molecule has 3 rings (SSSR count). The van der Waals surface area contributed by atoms with E-state index in [4.69, 9.17) is 11.6 Å². The maximum absolute atomic E-state index is 12.5. The molecule has 1 amide bonds. The van der Waals surface area contributed by atoms with E-state index in [1.54, 1.807) is 35.6 Å². The van der Waals surface area contributed by atoms with E-state index in [1.165, 1.54) is 4.88 Å². The zero-order chi connectivity index (χ0) is 18.9. The van der Waals surface area contributed by atoms with Crippen LogP contribution in [-0.2, 0) is 12.8 Å². The molecule has 1 heterocycles. The number of hydrogen-bond donors (Lipinski definition) is 1. The van der Waals surface area contributed by atoms with Crippen molar-refractivity contribution in [1.29, 1.82) is 5.26 Å². The number of thiophene rings is 1. The van der Waals surface area contributed by atoms with Crippen LogP contribution in [0.5, 0.6) is 0 Å². The highest BCUT2D eigenvalue weighted by atomic mass is 35.5. The highest BCUT2D eigenvalue weighted by Gasteiger charge is 2.34. The van der Waals surface area contributed by atoms with E-state index in [0.29, 0.717) is 32.5 Å². The molecule has 0 bridgehead atoms. The van der Waals surface area contributed by atoms with Gasteiger partial charge in [-0.25, -0.2) is 0 Å². The number of rotatable bonds is 4. The van der Waals surface area contributed by atoms with Crippen LogP contribution in [0, 0.1) is 22.7 Å². The summed E-state index contributed by atoms with van der Waals surface area (Å²) >= 11 is 7.45. The van der Waals surface area contributed by atoms with Gasteiger partial charge in [0.15, 0.2) is 0 Å². The fraction of sp³-hybridized carbons (Fsp3) is 0.429. The number of halogens is 1. The van der Waals surface area contributed by atoms with Crippen LogP contribution >= 0.6 is 22.9 Å². The summed E-state index contributed by atoms with van der Waals surface area (Å²) in [6.45, 7) is 6.89. The Hall–Kier alpha value is -1.83. The van der Waals surface area contributed by atoms with Gasteiger partial charge < -0.3 is 5.32 Å². The molecule has 2 aromatic rings. The van der Waals surface area contributed by atoms with Crippen molar-refractivity contribution in [1.82, 2.24) is 0 Å². The number of nitrogens with zero attached hydrogens (tertiary/aromatic N) is 1. The first-order valence-corrected chi connectivity index (χ1v) is 10.2. The normalized spacial score (nSPS) is 16.7. The number of carbonyl (C=O) groups is 1. The van der Waals surface area contributed by atoms with E-state index in [-0.39, 0.29) is 5.91 Å². The topological polar surface area (TPSA) is 52.9 Å². The molecule has 1 aliphatic rings. The lowest BCUT2D eigenvalue weighted by atomic mass is 9.69. The van der Waals surface area contributed by atoms with Crippen molar-refractivity contribution in [3.63, 3.8) is 0 Å². The summed E-state index contributed by atoms with van der Waals surface area (Å²) < 4.78 is 0. The number of fused-ring (bicyclic) bond motifs is 1. The van der Waals surface area contributed by atoms with Crippen molar-refractivity contribution in [3.05, 3.63) is 50.9 Å². The van der Waals surface area contributed by atoms with Crippen molar-refractivity contribution in [2.24, 2.45) is 11.3 Å². The van der Waals surface area contributed by atoms with Crippen LogP contribution < -0.4 is 5.32 Å². The third-order valence-electron chi connectivity index (χ3n) is 5.73. The van der Waals surface area contributed by atoms with Gasteiger partial charge in [-0.1, -0.05) is 38.8 Å². The van der Waals surface area contributed by atoms with Crippen molar-refractivity contribution in [2.45, 2.75) is 46.5 Å². The molecule has 1 aromatic carbocycles. The number of amides is 1. The maximum atomic E-state index is 12.5. The predicted molar refractivity (Wildman–Crippen MR) is 108 cm³/mol. The van der Waals surface area contributed by atoms with E-state index in [0.717, 1.165) is 31.2 Å². The van der Waals surface area contributed by atoms with Gasteiger partial charge in [0.05, 0.1) is 5.56 Å². The average Bonchev–Trinajstić information content (AvgIpc) is 2.98. The molecular formula is C21H23ClN2OS. The molecule has 1 N–H and O–H groups in total. The molecule has 1 aliphatic carbocycles. The molecular weight excluding hydrogens is 364 g/mol. The Morgan fingerprint density at radius 3 is 2.69 bits per heavy atom. The van der Waals surface area contributed by atoms with Crippen LogP contribution in [0.25, 0.3) is 0 Å². The molecule has 0 spiro atoms. The number of hydrogen-bond acceptors (Lipinski definition) is 3. The second-order valence-electron chi connectivity index (χ2n) is 7.56. The quantitative estimate of drug-likeness (QED) is 0.693. The Labute approximate surface area is 164 Å². The molecule has 26 heavy (non-hydrogen) atoms. The van der Waals surface area contributed by atoms with Gasteiger partial charge in [-0.15, -0.1) is 11.3 Å². The number of carbonyl (C=O) groups excluding carboxylic acids is 1. The van der Waals surface area contributed by atoms with E-state index in [1.807, 2.05) is 0 Å². The number of nitriles is 1. The molecule has 0 saturated carbocycles. The summed E-state index contributed by atoms with van der Waals surface area (Å²) in [4.78, 5) is 13.8. The van der Waals surface area contributed by atoms with Crippen molar-refractivity contribution < 1.29 is 4.79 Å². The summed E-state index contributed by atoms with van der Waals surface area (Å²) in [5, 5.41) is 13.8. The van der Waals surface area contributed by atoms with Crippen molar-refractivity contribution in [2.75, 3.05) is 5.32 Å². The second kappa shape index (κ2) is 7.42. The minimum atomic E-state index is -0.206. The molecule has 5 heteroatoms. The molecule has 0 aliphatic heterocycles. The number of anilines is 1. The average molecular weight is 387 g/mol. The first-order chi connectivity index (χ1) is 12.4. The van der Waals surface area contributed by atoms with Gasteiger partial charge in [0.25, 0.3) is 5.91 Å². The lowest BCUT2D eigenvalue weighted by Crippen LogP contribution is -2.28. The van der Waals surface area contributed by atoms with Crippen LogP contribution in [0.1, 0.15) is 60.0 Å². The van der Waals surface area contributed by atoms with Gasteiger partial charge in [0, 0.05) is 15.5 Å². The summed E-state index contributed by atoms with van der Waals surface area (Å²) in [5.74, 6) is 0.409.